The van der Waals surface area contributed by atoms with Gasteiger partial charge in [-0.05, 0) is 38.6 Å². The van der Waals surface area contributed by atoms with E-state index >= 15 is 0 Å². The molecule has 0 aromatic carbocycles. The maximum Gasteiger partial charge on any atom is 0.221 e. The number of hydrogen-bond acceptors (Lipinski definition) is 2. The Morgan fingerprint density at radius 2 is 2.06 bits per heavy atom. The van der Waals surface area contributed by atoms with E-state index in [0.29, 0.717) is 18.9 Å². The molecule has 0 rings (SSSR count). The molecule has 0 heterocycles. The van der Waals surface area contributed by atoms with Gasteiger partial charge in [0, 0.05) is 6.42 Å². The average molecular weight is 224 g/mol. The number of nitrogens with one attached hydrogen (secondary N) is 1. The summed E-state index contributed by atoms with van der Waals surface area (Å²) in [5.74, 6) is 3.33. The van der Waals surface area contributed by atoms with Crippen LogP contribution < -0.4 is 11.1 Å². The van der Waals surface area contributed by atoms with Crippen LogP contribution in [0.1, 0.15) is 40.5 Å². The van der Waals surface area contributed by atoms with Crippen LogP contribution in [0.2, 0.25) is 0 Å². The summed E-state index contributed by atoms with van der Waals surface area (Å²) in [6, 6.07) is 0. The van der Waals surface area contributed by atoms with Gasteiger partial charge in [-0.3, -0.25) is 4.79 Å². The highest BCUT2D eigenvalue weighted by Gasteiger charge is 2.20. The van der Waals surface area contributed by atoms with Gasteiger partial charge in [0.25, 0.3) is 0 Å². The quantitative estimate of drug-likeness (QED) is 0.672. The van der Waals surface area contributed by atoms with E-state index in [1.165, 1.54) is 0 Å². The molecule has 1 unspecified atom stereocenters. The van der Waals surface area contributed by atoms with Crippen LogP contribution in [0, 0.1) is 24.2 Å². The molecule has 0 aromatic heterocycles. The van der Waals surface area contributed by atoms with Crippen LogP contribution >= 0.6 is 0 Å². The summed E-state index contributed by atoms with van der Waals surface area (Å²) < 4.78 is 0. The van der Waals surface area contributed by atoms with Gasteiger partial charge in [0.2, 0.25) is 5.91 Å². The fourth-order valence-corrected chi connectivity index (χ4v) is 1.63. The molecule has 0 aliphatic heterocycles. The van der Waals surface area contributed by atoms with Crippen LogP contribution in [-0.4, -0.2) is 18.0 Å². The Labute approximate surface area is 99.2 Å². The lowest BCUT2D eigenvalue weighted by atomic mass is 9.93. The molecular formula is C13H24N2O. The molecule has 0 spiro atoms. The smallest absolute Gasteiger partial charge is 0.221 e. The standard InChI is InChI=1S/C13H24N2O/c1-6-13(4,5)15-12(16)8-11(9-14)7-10(2)3/h1,10-11H,7-9,14H2,2-5H3,(H,15,16). The lowest BCUT2D eigenvalue weighted by Crippen LogP contribution is -2.43. The van der Waals surface area contributed by atoms with Gasteiger partial charge in [-0.15, -0.1) is 6.42 Å². The zero-order valence-corrected chi connectivity index (χ0v) is 10.8. The van der Waals surface area contributed by atoms with Crippen molar-refractivity contribution >= 4 is 5.91 Å². The summed E-state index contributed by atoms with van der Waals surface area (Å²) >= 11 is 0. The minimum Gasteiger partial charge on any atom is -0.340 e. The zero-order chi connectivity index (χ0) is 12.8. The van der Waals surface area contributed by atoms with Crippen LogP contribution in [-0.2, 0) is 4.79 Å². The van der Waals surface area contributed by atoms with Gasteiger partial charge in [-0.1, -0.05) is 19.8 Å². The highest BCUT2D eigenvalue weighted by Crippen LogP contribution is 2.14. The minimum absolute atomic E-state index is 0.0148. The Morgan fingerprint density at radius 1 is 1.50 bits per heavy atom. The van der Waals surface area contributed by atoms with Crippen molar-refractivity contribution in [3.8, 4) is 12.3 Å². The van der Waals surface area contributed by atoms with Gasteiger partial charge < -0.3 is 11.1 Å². The van der Waals surface area contributed by atoms with Crippen LogP contribution in [0.5, 0.6) is 0 Å². The number of carbonyl (C=O) groups excluding carboxylic acids is 1. The first-order valence-corrected chi connectivity index (χ1v) is 5.79. The first-order valence-electron chi connectivity index (χ1n) is 5.79. The number of rotatable bonds is 6. The first-order chi connectivity index (χ1) is 7.30. The van der Waals surface area contributed by atoms with Crippen LogP contribution in [0.25, 0.3) is 0 Å². The van der Waals surface area contributed by atoms with Crippen LogP contribution in [0.4, 0.5) is 0 Å². The molecule has 0 aliphatic rings. The number of carbonyl (C=O) groups is 1. The molecule has 16 heavy (non-hydrogen) atoms. The second-order valence-corrected chi connectivity index (χ2v) is 5.25. The van der Waals surface area contributed by atoms with Gasteiger partial charge in [-0.2, -0.15) is 0 Å². The second kappa shape index (κ2) is 6.55. The average Bonchev–Trinajstić information content (AvgIpc) is 2.15. The molecule has 1 amide bonds. The maximum atomic E-state index is 11.7. The van der Waals surface area contributed by atoms with Crippen LogP contribution in [0.15, 0.2) is 0 Å². The minimum atomic E-state index is -0.575. The van der Waals surface area contributed by atoms with E-state index in [-0.39, 0.29) is 11.8 Å². The Kier molecular flexibility index (Phi) is 6.13. The number of hydrogen-bond donors (Lipinski definition) is 2. The third-order valence-electron chi connectivity index (χ3n) is 2.42. The maximum absolute atomic E-state index is 11.7. The van der Waals surface area contributed by atoms with Crippen molar-refractivity contribution in [2.24, 2.45) is 17.6 Å². The summed E-state index contributed by atoms with van der Waals surface area (Å²) in [5.41, 5.74) is 5.07. The molecule has 0 bridgehead atoms. The van der Waals surface area contributed by atoms with Gasteiger partial charge in [0.05, 0.1) is 5.54 Å². The molecule has 0 aromatic rings. The number of amides is 1. The van der Waals surface area contributed by atoms with Crippen molar-refractivity contribution in [2.45, 2.75) is 46.1 Å². The molecule has 3 nitrogen and oxygen atoms in total. The van der Waals surface area contributed by atoms with E-state index < -0.39 is 5.54 Å². The molecule has 0 saturated carbocycles. The van der Waals surface area contributed by atoms with Crippen LogP contribution in [0.3, 0.4) is 0 Å². The van der Waals surface area contributed by atoms with E-state index in [1.807, 2.05) is 13.8 Å². The predicted octanol–water partition coefficient (Wildman–Crippen LogP) is 1.53. The Bertz CT molecular complexity index is 264. The van der Waals surface area contributed by atoms with Crippen molar-refractivity contribution in [3.63, 3.8) is 0 Å². The molecule has 0 aliphatic carbocycles. The van der Waals surface area contributed by atoms with Gasteiger partial charge in [-0.25, -0.2) is 0 Å². The van der Waals surface area contributed by atoms with Crippen molar-refractivity contribution in [2.75, 3.05) is 6.54 Å². The molecule has 3 N–H and O–H groups in total. The third kappa shape index (κ3) is 6.47. The molecular weight excluding hydrogens is 200 g/mol. The number of nitrogens with two attached hydrogens (primary N) is 1. The van der Waals surface area contributed by atoms with E-state index in [9.17, 15) is 4.79 Å². The Morgan fingerprint density at radius 3 is 2.44 bits per heavy atom. The first kappa shape index (κ1) is 15.0. The van der Waals surface area contributed by atoms with Crippen molar-refractivity contribution in [3.05, 3.63) is 0 Å². The van der Waals surface area contributed by atoms with Gasteiger partial charge in [0.15, 0.2) is 0 Å². The normalized spacial score (nSPS) is 13.3. The molecule has 3 heteroatoms. The second-order valence-electron chi connectivity index (χ2n) is 5.25. The molecule has 0 radical (unpaired) electrons. The monoisotopic (exact) mass is 224 g/mol. The third-order valence-corrected chi connectivity index (χ3v) is 2.42. The predicted molar refractivity (Wildman–Crippen MR) is 67.7 cm³/mol. The summed E-state index contributed by atoms with van der Waals surface area (Å²) in [5, 5.41) is 2.81. The summed E-state index contributed by atoms with van der Waals surface area (Å²) in [6.45, 7) is 8.43. The summed E-state index contributed by atoms with van der Waals surface area (Å²) in [7, 11) is 0. The van der Waals surface area contributed by atoms with E-state index in [1.54, 1.807) is 0 Å². The lowest BCUT2D eigenvalue weighted by Gasteiger charge is -2.22. The number of terminal acetylenes is 1. The van der Waals surface area contributed by atoms with Crippen molar-refractivity contribution < 1.29 is 4.79 Å². The van der Waals surface area contributed by atoms with E-state index in [2.05, 4.69) is 25.1 Å². The zero-order valence-electron chi connectivity index (χ0n) is 10.8. The lowest BCUT2D eigenvalue weighted by molar-refractivity contribution is -0.123. The summed E-state index contributed by atoms with van der Waals surface area (Å²) in [6.07, 6.45) is 6.74. The highest BCUT2D eigenvalue weighted by atomic mass is 16.1. The molecule has 0 fully saturated rings. The summed E-state index contributed by atoms with van der Waals surface area (Å²) in [4.78, 5) is 11.7. The molecule has 1 atom stereocenters. The SMILES string of the molecule is C#CC(C)(C)NC(=O)CC(CN)CC(C)C. The Balaban J connectivity index is 4.17. The van der Waals surface area contributed by atoms with Gasteiger partial charge in [0.1, 0.15) is 0 Å². The Hall–Kier alpha value is -1.01. The van der Waals surface area contributed by atoms with Crippen molar-refractivity contribution in [1.82, 2.24) is 5.32 Å². The highest BCUT2D eigenvalue weighted by molar-refractivity contribution is 5.77. The topological polar surface area (TPSA) is 55.1 Å². The fraction of sp³-hybridized carbons (Fsp3) is 0.769. The largest absolute Gasteiger partial charge is 0.340 e. The van der Waals surface area contributed by atoms with E-state index in [4.69, 9.17) is 12.2 Å². The van der Waals surface area contributed by atoms with E-state index in [0.717, 1.165) is 6.42 Å². The fourth-order valence-electron chi connectivity index (χ4n) is 1.63. The molecule has 0 saturated heterocycles. The molecule has 92 valence electrons. The van der Waals surface area contributed by atoms with Crippen molar-refractivity contribution in [1.29, 1.82) is 0 Å². The van der Waals surface area contributed by atoms with Gasteiger partial charge >= 0.3 is 0 Å².